The topological polar surface area (TPSA) is 59.3 Å². The van der Waals surface area contributed by atoms with Crippen molar-refractivity contribution in [3.63, 3.8) is 0 Å². The summed E-state index contributed by atoms with van der Waals surface area (Å²) in [5.41, 5.74) is 5.56. The first-order valence-electron chi connectivity index (χ1n) is 11.1. The van der Waals surface area contributed by atoms with Crippen LogP contribution in [0, 0.1) is 5.92 Å². The Labute approximate surface area is 188 Å². The lowest BCUT2D eigenvalue weighted by Crippen LogP contribution is -2.43. The molecule has 162 valence electrons. The highest BCUT2D eigenvalue weighted by molar-refractivity contribution is 6.09. The number of aromatic hydroxyl groups is 2. The molecule has 2 N–H and O–H groups in total. The summed E-state index contributed by atoms with van der Waals surface area (Å²) in [4.78, 5) is 2.46. The van der Waals surface area contributed by atoms with Gasteiger partial charge in [-0.3, -0.25) is 9.91 Å². The van der Waals surface area contributed by atoms with Gasteiger partial charge in [-0.15, -0.1) is 0 Å². The second kappa shape index (κ2) is 8.52. The van der Waals surface area contributed by atoms with E-state index in [4.69, 9.17) is 5.10 Å². The maximum absolute atomic E-state index is 9.84. The molecule has 2 atom stereocenters. The predicted octanol–water partition coefficient (Wildman–Crippen LogP) is 5.05. The number of hydrazone groups is 1. The molecule has 0 bridgehead atoms. The Hall–Kier alpha value is -3.57. The van der Waals surface area contributed by atoms with Crippen molar-refractivity contribution in [3.05, 3.63) is 95.6 Å². The van der Waals surface area contributed by atoms with Crippen molar-refractivity contribution in [1.29, 1.82) is 0 Å². The summed E-state index contributed by atoms with van der Waals surface area (Å²) >= 11 is 0. The van der Waals surface area contributed by atoms with Crippen LogP contribution in [0.1, 0.15) is 24.1 Å². The van der Waals surface area contributed by atoms with E-state index >= 15 is 0 Å². The Bertz CT molecular complexity index is 1140. The molecule has 2 aliphatic rings. The van der Waals surface area contributed by atoms with Crippen LogP contribution in [0.5, 0.6) is 11.5 Å². The van der Waals surface area contributed by atoms with E-state index < -0.39 is 0 Å². The van der Waals surface area contributed by atoms with Crippen molar-refractivity contribution < 1.29 is 10.2 Å². The summed E-state index contributed by atoms with van der Waals surface area (Å²) in [7, 11) is 0. The molecule has 0 saturated carbocycles. The Morgan fingerprint density at radius 1 is 0.906 bits per heavy atom. The number of hydrogen-bond donors (Lipinski definition) is 2. The maximum atomic E-state index is 9.84. The van der Waals surface area contributed by atoms with E-state index in [0.29, 0.717) is 0 Å². The summed E-state index contributed by atoms with van der Waals surface area (Å²) in [5.74, 6) is 0.743. The number of likely N-dealkylation sites (N-methyl/N-ethyl adjacent to an activating group) is 1. The zero-order chi connectivity index (χ0) is 22.1. The average Bonchev–Trinajstić information content (AvgIpc) is 3.21. The molecule has 2 aliphatic heterocycles. The van der Waals surface area contributed by atoms with E-state index in [2.05, 4.69) is 35.0 Å². The third kappa shape index (κ3) is 3.87. The fourth-order valence-electron chi connectivity index (χ4n) is 4.70. The smallest absolute Gasteiger partial charge is 0.115 e. The molecule has 1 fully saturated rings. The van der Waals surface area contributed by atoms with Gasteiger partial charge in [0.05, 0.1) is 17.4 Å². The Morgan fingerprint density at radius 2 is 1.56 bits per heavy atom. The van der Waals surface area contributed by atoms with Crippen LogP contribution in [-0.2, 0) is 0 Å². The fourth-order valence-corrected chi connectivity index (χ4v) is 4.70. The van der Waals surface area contributed by atoms with Crippen LogP contribution >= 0.6 is 0 Å². The van der Waals surface area contributed by atoms with E-state index in [1.807, 2.05) is 42.5 Å². The van der Waals surface area contributed by atoms with E-state index in [-0.39, 0.29) is 23.5 Å². The summed E-state index contributed by atoms with van der Waals surface area (Å²) in [6, 6.07) is 25.1. The lowest BCUT2D eigenvalue weighted by atomic mass is 9.83. The first-order chi connectivity index (χ1) is 15.6. The van der Waals surface area contributed by atoms with Gasteiger partial charge < -0.3 is 10.2 Å². The minimum Gasteiger partial charge on any atom is -0.508 e. The highest BCUT2D eigenvalue weighted by atomic mass is 16.3. The Kier molecular flexibility index (Phi) is 5.41. The van der Waals surface area contributed by atoms with Crippen LogP contribution < -0.4 is 5.01 Å². The molecule has 0 aromatic heterocycles. The number of likely N-dealkylation sites (tertiary alicyclic amines) is 1. The van der Waals surface area contributed by atoms with Gasteiger partial charge in [-0.25, -0.2) is 0 Å². The molecule has 3 aromatic rings. The molecular formula is C27H27N3O2. The molecule has 5 heteroatoms. The van der Waals surface area contributed by atoms with Gasteiger partial charge in [0, 0.05) is 19.0 Å². The zero-order valence-electron chi connectivity index (χ0n) is 18.1. The molecule has 2 heterocycles. The fraction of sp³-hybridized carbons (Fsp3) is 0.222. The van der Waals surface area contributed by atoms with Gasteiger partial charge >= 0.3 is 0 Å². The zero-order valence-corrected chi connectivity index (χ0v) is 18.1. The molecule has 0 aliphatic carbocycles. The minimum atomic E-state index is 0.0468. The van der Waals surface area contributed by atoms with Crippen molar-refractivity contribution in [2.45, 2.75) is 13.0 Å². The highest BCUT2D eigenvalue weighted by Crippen LogP contribution is 2.43. The standard InChI is InChI=1S/C27H27N3O2/c1-2-29-17-21(16-19-8-12-23(31)13-9-19)26-25(18-29)27(20-10-14-24(32)15-11-20)30(28-26)22-6-4-3-5-7-22/h3-16,25,27,31-32H,2,17-18H2,1H3/b21-16+. The Balaban J connectivity index is 1.61. The number of rotatable bonds is 4. The highest BCUT2D eigenvalue weighted by Gasteiger charge is 2.43. The first kappa shape index (κ1) is 20.3. The second-order valence-electron chi connectivity index (χ2n) is 8.40. The number of piperidine rings is 1. The van der Waals surface area contributed by atoms with Crippen molar-refractivity contribution in [1.82, 2.24) is 4.90 Å². The van der Waals surface area contributed by atoms with E-state index in [1.165, 1.54) is 5.57 Å². The maximum Gasteiger partial charge on any atom is 0.115 e. The van der Waals surface area contributed by atoms with Crippen LogP contribution in [-0.4, -0.2) is 40.5 Å². The average molecular weight is 426 g/mol. The van der Waals surface area contributed by atoms with Gasteiger partial charge in [0.1, 0.15) is 11.5 Å². The van der Waals surface area contributed by atoms with Crippen LogP contribution in [0.15, 0.2) is 89.5 Å². The molecule has 5 rings (SSSR count). The number of benzene rings is 3. The lowest BCUT2D eigenvalue weighted by molar-refractivity contribution is 0.265. The number of phenols is 2. The summed E-state index contributed by atoms with van der Waals surface area (Å²) in [6.07, 6.45) is 2.19. The van der Waals surface area contributed by atoms with Crippen LogP contribution in [0.4, 0.5) is 5.69 Å². The largest absolute Gasteiger partial charge is 0.508 e. The molecule has 0 radical (unpaired) electrons. The van der Waals surface area contributed by atoms with Crippen LogP contribution in [0.25, 0.3) is 6.08 Å². The number of anilines is 1. The van der Waals surface area contributed by atoms with Gasteiger partial charge in [0.25, 0.3) is 0 Å². The Morgan fingerprint density at radius 3 is 2.22 bits per heavy atom. The van der Waals surface area contributed by atoms with Crippen molar-refractivity contribution in [2.75, 3.05) is 24.6 Å². The van der Waals surface area contributed by atoms with Gasteiger partial charge in [0.15, 0.2) is 0 Å². The van der Waals surface area contributed by atoms with Crippen LogP contribution in [0.2, 0.25) is 0 Å². The third-order valence-electron chi connectivity index (χ3n) is 6.33. The number of nitrogens with zero attached hydrogens (tertiary/aromatic N) is 3. The monoisotopic (exact) mass is 425 g/mol. The molecule has 3 aromatic carbocycles. The molecular weight excluding hydrogens is 398 g/mol. The van der Waals surface area contributed by atoms with Crippen molar-refractivity contribution in [3.8, 4) is 11.5 Å². The SMILES string of the molecule is CCN1C/C(=C\c2ccc(O)cc2)C2=NN(c3ccccc3)C(c3ccc(O)cc3)C2C1. The summed E-state index contributed by atoms with van der Waals surface area (Å²) in [6.45, 7) is 4.93. The molecule has 2 unspecified atom stereocenters. The molecule has 0 amide bonds. The molecule has 1 saturated heterocycles. The minimum absolute atomic E-state index is 0.0468. The number of fused-ring (bicyclic) bond motifs is 1. The third-order valence-corrected chi connectivity index (χ3v) is 6.33. The van der Waals surface area contributed by atoms with E-state index in [1.54, 1.807) is 24.3 Å². The van der Waals surface area contributed by atoms with E-state index in [9.17, 15) is 10.2 Å². The summed E-state index contributed by atoms with van der Waals surface area (Å²) in [5, 5.41) is 26.8. The van der Waals surface area contributed by atoms with Gasteiger partial charge in [0.2, 0.25) is 0 Å². The number of hydrogen-bond acceptors (Lipinski definition) is 5. The molecule has 32 heavy (non-hydrogen) atoms. The van der Waals surface area contributed by atoms with Crippen molar-refractivity contribution >= 4 is 17.5 Å². The first-order valence-corrected chi connectivity index (χ1v) is 11.1. The van der Waals surface area contributed by atoms with E-state index in [0.717, 1.165) is 42.2 Å². The quantitative estimate of drug-likeness (QED) is 0.614. The van der Waals surface area contributed by atoms with Crippen LogP contribution in [0.3, 0.4) is 0 Å². The number of para-hydroxylation sites is 1. The predicted molar refractivity (Wildman–Crippen MR) is 129 cm³/mol. The normalized spacial score (nSPS) is 22.1. The van der Waals surface area contributed by atoms with Gasteiger partial charge in [-0.1, -0.05) is 49.4 Å². The molecule has 5 nitrogen and oxygen atoms in total. The lowest BCUT2D eigenvalue weighted by Gasteiger charge is -2.36. The second-order valence-corrected chi connectivity index (χ2v) is 8.40. The van der Waals surface area contributed by atoms with Gasteiger partial charge in [-0.05, 0) is 65.7 Å². The van der Waals surface area contributed by atoms with Gasteiger partial charge in [-0.2, -0.15) is 5.10 Å². The number of phenolic OH excluding ortho intramolecular Hbond substituents is 2. The van der Waals surface area contributed by atoms with Crippen molar-refractivity contribution in [2.24, 2.45) is 11.0 Å². The summed E-state index contributed by atoms with van der Waals surface area (Å²) < 4.78 is 0. The molecule has 0 spiro atoms.